The van der Waals surface area contributed by atoms with E-state index in [1.807, 2.05) is 13.0 Å². The molecule has 30 heavy (non-hydrogen) atoms. The van der Waals surface area contributed by atoms with Crippen molar-refractivity contribution in [2.24, 2.45) is 5.73 Å². The lowest BCUT2D eigenvalue weighted by molar-refractivity contribution is -0.120. The third-order valence-corrected chi connectivity index (χ3v) is 4.79. The zero-order chi connectivity index (χ0) is 21.3. The predicted molar refractivity (Wildman–Crippen MR) is 108 cm³/mol. The molecule has 3 amide bonds. The van der Waals surface area contributed by atoms with E-state index in [1.165, 1.54) is 4.80 Å². The molecule has 10 heteroatoms. The Balaban J connectivity index is 1.56. The molecule has 0 bridgehead atoms. The van der Waals surface area contributed by atoms with Crippen molar-refractivity contribution in [1.82, 2.24) is 20.2 Å². The van der Waals surface area contributed by atoms with E-state index in [2.05, 4.69) is 20.7 Å². The molecule has 3 aromatic rings. The first-order chi connectivity index (χ1) is 14.4. The standard InChI is InChI=1S/C20H19N7O3/c1-12-10-17(28)22-15-4-2-3-5-16(15)27(12)18(29)11-26-24-20(23-25-26)14-8-6-13(7-9-14)19(21)30/h2-9,12H,10-11H2,1H3,(H2,21,30)(H,22,28). The topological polar surface area (TPSA) is 136 Å². The molecule has 1 unspecified atom stereocenters. The summed E-state index contributed by atoms with van der Waals surface area (Å²) in [5, 5.41) is 15.0. The number of nitrogens with two attached hydrogens (primary N) is 1. The summed E-state index contributed by atoms with van der Waals surface area (Å²) in [7, 11) is 0. The van der Waals surface area contributed by atoms with E-state index in [-0.39, 0.29) is 30.8 Å². The molecular weight excluding hydrogens is 386 g/mol. The van der Waals surface area contributed by atoms with Gasteiger partial charge in [0.1, 0.15) is 6.54 Å². The molecule has 1 aliphatic heterocycles. The van der Waals surface area contributed by atoms with Crippen LogP contribution in [0.4, 0.5) is 11.4 Å². The highest BCUT2D eigenvalue weighted by Gasteiger charge is 2.30. The van der Waals surface area contributed by atoms with Gasteiger partial charge in [-0.25, -0.2) is 0 Å². The van der Waals surface area contributed by atoms with Crippen molar-refractivity contribution < 1.29 is 14.4 Å². The number of rotatable bonds is 4. The summed E-state index contributed by atoms with van der Waals surface area (Å²) >= 11 is 0. The number of carbonyl (C=O) groups excluding carboxylic acids is 3. The van der Waals surface area contributed by atoms with Crippen LogP contribution in [0.25, 0.3) is 11.4 Å². The van der Waals surface area contributed by atoms with Crippen LogP contribution in [0.1, 0.15) is 23.7 Å². The summed E-state index contributed by atoms with van der Waals surface area (Å²) in [6.45, 7) is 1.68. The van der Waals surface area contributed by atoms with E-state index in [1.54, 1.807) is 47.4 Å². The van der Waals surface area contributed by atoms with Gasteiger partial charge in [0.05, 0.1) is 11.4 Å². The molecule has 3 N–H and O–H groups in total. The van der Waals surface area contributed by atoms with Gasteiger partial charge in [0.2, 0.25) is 17.6 Å². The van der Waals surface area contributed by atoms with Crippen LogP contribution in [-0.4, -0.2) is 44.0 Å². The number of tetrazole rings is 1. The largest absolute Gasteiger partial charge is 0.366 e. The van der Waals surface area contributed by atoms with Crippen molar-refractivity contribution in [3.63, 3.8) is 0 Å². The van der Waals surface area contributed by atoms with Gasteiger partial charge in [-0.05, 0) is 36.4 Å². The smallest absolute Gasteiger partial charge is 0.250 e. The molecule has 152 valence electrons. The van der Waals surface area contributed by atoms with Crippen LogP contribution in [0.15, 0.2) is 48.5 Å². The second-order valence-corrected chi connectivity index (χ2v) is 6.97. The summed E-state index contributed by atoms with van der Waals surface area (Å²) in [4.78, 5) is 39.1. The summed E-state index contributed by atoms with van der Waals surface area (Å²) in [6.07, 6.45) is 0.183. The maximum Gasteiger partial charge on any atom is 0.250 e. The molecule has 10 nitrogen and oxygen atoms in total. The molecule has 1 aliphatic rings. The number of fused-ring (bicyclic) bond motifs is 1. The highest BCUT2D eigenvalue weighted by Crippen LogP contribution is 2.31. The average molecular weight is 405 g/mol. The first kappa shape index (κ1) is 19.2. The highest BCUT2D eigenvalue weighted by molar-refractivity contribution is 6.04. The lowest BCUT2D eigenvalue weighted by Gasteiger charge is -2.27. The minimum atomic E-state index is -0.524. The minimum absolute atomic E-state index is 0.140. The van der Waals surface area contributed by atoms with Crippen LogP contribution in [0, 0.1) is 0 Å². The van der Waals surface area contributed by atoms with Gasteiger partial charge in [-0.2, -0.15) is 4.80 Å². The molecule has 1 aromatic heterocycles. The van der Waals surface area contributed by atoms with Crippen LogP contribution in [-0.2, 0) is 16.1 Å². The molecule has 4 rings (SSSR count). The van der Waals surface area contributed by atoms with E-state index in [4.69, 9.17) is 5.73 Å². The number of carbonyl (C=O) groups is 3. The monoisotopic (exact) mass is 405 g/mol. The molecule has 1 atom stereocenters. The number of amides is 3. The molecule has 0 fully saturated rings. The lowest BCUT2D eigenvalue weighted by atomic mass is 10.1. The van der Waals surface area contributed by atoms with Gasteiger partial charge in [-0.15, -0.1) is 10.2 Å². The number of para-hydroxylation sites is 2. The normalized spacial score (nSPS) is 15.8. The van der Waals surface area contributed by atoms with Crippen molar-refractivity contribution in [3.8, 4) is 11.4 Å². The Morgan fingerprint density at radius 2 is 1.90 bits per heavy atom. The maximum atomic E-state index is 13.1. The zero-order valence-corrected chi connectivity index (χ0v) is 16.1. The Hall–Kier alpha value is -4.08. The van der Waals surface area contributed by atoms with Gasteiger partial charge in [-0.1, -0.05) is 24.3 Å². The highest BCUT2D eigenvalue weighted by atomic mass is 16.2. The SMILES string of the molecule is CC1CC(=O)Nc2ccccc2N1C(=O)Cn1nnc(-c2ccc(C(N)=O)cc2)n1. The summed E-state index contributed by atoms with van der Waals surface area (Å²) in [5.41, 5.74) is 7.47. The van der Waals surface area contributed by atoms with Gasteiger partial charge in [0.15, 0.2) is 0 Å². The van der Waals surface area contributed by atoms with Crippen LogP contribution < -0.4 is 16.0 Å². The molecule has 2 aromatic carbocycles. The Morgan fingerprint density at radius 1 is 1.17 bits per heavy atom. The predicted octanol–water partition coefficient (Wildman–Crippen LogP) is 1.20. The molecular formula is C20H19N7O3. The molecule has 2 heterocycles. The summed E-state index contributed by atoms with van der Waals surface area (Å²) in [5.74, 6) is -0.617. The number of nitrogens with zero attached hydrogens (tertiary/aromatic N) is 5. The summed E-state index contributed by atoms with van der Waals surface area (Å²) in [6, 6.07) is 13.3. The van der Waals surface area contributed by atoms with Gasteiger partial charge < -0.3 is 16.0 Å². The van der Waals surface area contributed by atoms with E-state index in [0.29, 0.717) is 28.3 Å². The zero-order valence-electron chi connectivity index (χ0n) is 16.1. The second-order valence-electron chi connectivity index (χ2n) is 6.97. The third-order valence-electron chi connectivity index (χ3n) is 4.79. The summed E-state index contributed by atoms with van der Waals surface area (Å²) < 4.78 is 0. The number of hydrogen-bond acceptors (Lipinski definition) is 6. The van der Waals surface area contributed by atoms with Gasteiger partial charge >= 0.3 is 0 Å². The lowest BCUT2D eigenvalue weighted by Crippen LogP contribution is -2.41. The van der Waals surface area contributed by atoms with Gasteiger partial charge in [0.25, 0.3) is 5.91 Å². The fraction of sp³-hybridized carbons (Fsp3) is 0.200. The number of hydrogen-bond donors (Lipinski definition) is 2. The van der Waals surface area contributed by atoms with E-state index >= 15 is 0 Å². The Bertz CT molecular complexity index is 1120. The van der Waals surface area contributed by atoms with E-state index in [9.17, 15) is 14.4 Å². The maximum absolute atomic E-state index is 13.1. The Morgan fingerprint density at radius 3 is 2.63 bits per heavy atom. The fourth-order valence-corrected chi connectivity index (χ4v) is 3.37. The number of primary amides is 1. The van der Waals surface area contributed by atoms with Crippen LogP contribution in [0.5, 0.6) is 0 Å². The van der Waals surface area contributed by atoms with Crippen LogP contribution in [0.2, 0.25) is 0 Å². The number of nitrogens with one attached hydrogen (secondary N) is 1. The van der Waals surface area contributed by atoms with Crippen molar-refractivity contribution in [2.45, 2.75) is 25.9 Å². The molecule has 0 spiro atoms. The van der Waals surface area contributed by atoms with Crippen molar-refractivity contribution >= 4 is 29.1 Å². The average Bonchev–Trinajstić information content (AvgIpc) is 3.12. The minimum Gasteiger partial charge on any atom is -0.366 e. The van der Waals surface area contributed by atoms with E-state index in [0.717, 1.165) is 0 Å². The van der Waals surface area contributed by atoms with Crippen molar-refractivity contribution in [2.75, 3.05) is 10.2 Å². The molecule has 0 aliphatic carbocycles. The van der Waals surface area contributed by atoms with Crippen LogP contribution >= 0.6 is 0 Å². The first-order valence-electron chi connectivity index (χ1n) is 9.31. The second kappa shape index (κ2) is 7.74. The Labute approximate surface area is 171 Å². The van der Waals surface area contributed by atoms with Gasteiger partial charge in [0, 0.05) is 23.6 Å². The fourth-order valence-electron chi connectivity index (χ4n) is 3.37. The number of aromatic nitrogens is 4. The Kier molecular flexibility index (Phi) is 4.97. The molecule has 0 radical (unpaired) electrons. The number of benzene rings is 2. The van der Waals surface area contributed by atoms with Crippen molar-refractivity contribution in [1.29, 1.82) is 0 Å². The molecule has 0 saturated carbocycles. The van der Waals surface area contributed by atoms with Crippen molar-refractivity contribution in [3.05, 3.63) is 54.1 Å². The van der Waals surface area contributed by atoms with Gasteiger partial charge in [-0.3, -0.25) is 14.4 Å². The van der Waals surface area contributed by atoms with Crippen LogP contribution in [0.3, 0.4) is 0 Å². The van der Waals surface area contributed by atoms with E-state index < -0.39 is 5.91 Å². The number of anilines is 2. The quantitative estimate of drug-likeness (QED) is 0.669. The molecule has 0 saturated heterocycles. The third kappa shape index (κ3) is 3.75. The first-order valence-corrected chi connectivity index (χ1v) is 9.31.